The third-order valence-electron chi connectivity index (χ3n) is 3.00. The van der Waals surface area contributed by atoms with Crippen molar-refractivity contribution in [2.24, 2.45) is 0 Å². The Kier molecular flexibility index (Phi) is 5.59. The topological polar surface area (TPSA) is 32.3 Å². The minimum absolute atomic E-state index is 0.300. The second kappa shape index (κ2) is 6.98. The molecule has 0 saturated carbocycles. The number of benzene rings is 1. The Morgan fingerprint density at radius 2 is 1.88 bits per heavy atom. The quantitative estimate of drug-likeness (QED) is 0.737. The molecule has 0 heterocycles. The highest BCUT2D eigenvalue weighted by Gasteiger charge is 2.13. The fourth-order valence-corrected chi connectivity index (χ4v) is 1.90. The highest BCUT2D eigenvalue weighted by molar-refractivity contribution is 5.28. The molecule has 2 nitrogen and oxygen atoms in total. The Balaban J connectivity index is 2.71. The SMILES string of the molecule is C#CCC(CC)NC(CC)c1ccc(O)cc1. The van der Waals surface area contributed by atoms with Crippen molar-refractivity contribution in [2.75, 3.05) is 0 Å². The van der Waals surface area contributed by atoms with Gasteiger partial charge in [-0.25, -0.2) is 0 Å². The van der Waals surface area contributed by atoms with E-state index in [0.717, 1.165) is 19.3 Å². The summed E-state index contributed by atoms with van der Waals surface area (Å²) in [5.41, 5.74) is 1.20. The zero-order valence-electron chi connectivity index (χ0n) is 10.6. The van der Waals surface area contributed by atoms with Gasteiger partial charge in [-0.3, -0.25) is 0 Å². The fraction of sp³-hybridized carbons (Fsp3) is 0.467. The standard InChI is InChI=1S/C15H21NO/c1-4-7-13(5-2)16-15(6-3)12-8-10-14(17)11-9-12/h1,8-11,13,15-17H,5-7H2,2-3H3. The van der Waals surface area contributed by atoms with Crippen LogP contribution in [0.1, 0.15) is 44.7 Å². The molecule has 1 aromatic rings. The molecule has 0 amide bonds. The summed E-state index contributed by atoms with van der Waals surface area (Å²) < 4.78 is 0. The van der Waals surface area contributed by atoms with Crippen LogP contribution in [0.2, 0.25) is 0 Å². The van der Waals surface area contributed by atoms with Gasteiger partial charge in [0.1, 0.15) is 5.75 Å². The van der Waals surface area contributed by atoms with Crippen LogP contribution in [-0.2, 0) is 0 Å². The summed E-state index contributed by atoms with van der Waals surface area (Å²) >= 11 is 0. The van der Waals surface area contributed by atoms with E-state index in [-0.39, 0.29) is 0 Å². The van der Waals surface area contributed by atoms with Crippen molar-refractivity contribution in [3.63, 3.8) is 0 Å². The minimum Gasteiger partial charge on any atom is -0.508 e. The van der Waals surface area contributed by atoms with Crippen LogP contribution in [0.3, 0.4) is 0 Å². The van der Waals surface area contributed by atoms with Crippen LogP contribution in [0, 0.1) is 12.3 Å². The van der Waals surface area contributed by atoms with E-state index in [9.17, 15) is 5.11 Å². The predicted molar refractivity (Wildman–Crippen MR) is 71.8 cm³/mol. The molecular weight excluding hydrogens is 210 g/mol. The van der Waals surface area contributed by atoms with E-state index in [1.807, 2.05) is 12.1 Å². The maximum absolute atomic E-state index is 9.28. The highest BCUT2D eigenvalue weighted by Crippen LogP contribution is 2.20. The molecule has 17 heavy (non-hydrogen) atoms. The first-order valence-corrected chi connectivity index (χ1v) is 6.19. The molecule has 2 atom stereocenters. The predicted octanol–water partition coefficient (Wildman–Crippen LogP) is 3.23. The zero-order valence-corrected chi connectivity index (χ0v) is 10.6. The van der Waals surface area contributed by atoms with Crippen molar-refractivity contribution in [3.05, 3.63) is 29.8 Å². The highest BCUT2D eigenvalue weighted by atomic mass is 16.3. The van der Waals surface area contributed by atoms with Crippen molar-refractivity contribution in [1.29, 1.82) is 0 Å². The van der Waals surface area contributed by atoms with Gasteiger partial charge in [-0.1, -0.05) is 26.0 Å². The maximum Gasteiger partial charge on any atom is 0.115 e. The van der Waals surface area contributed by atoms with Gasteiger partial charge >= 0.3 is 0 Å². The normalized spacial score (nSPS) is 13.9. The molecule has 2 N–H and O–H groups in total. The molecule has 1 rings (SSSR count). The molecule has 0 radical (unpaired) electrons. The number of hydrogen-bond donors (Lipinski definition) is 2. The number of phenolic OH excluding ortho intramolecular Hbond substituents is 1. The lowest BCUT2D eigenvalue weighted by atomic mass is 10.0. The summed E-state index contributed by atoms with van der Waals surface area (Å²) in [6.07, 6.45) is 8.15. The zero-order chi connectivity index (χ0) is 12.7. The van der Waals surface area contributed by atoms with Crippen molar-refractivity contribution in [1.82, 2.24) is 5.32 Å². The summed E-state index contributed by atoms with van der Waals surface area (Å²) in [6.45, 7) is 4.28. The van der Waals surface area contributed by atoms with Crippen molar-refractivity contribution < 1.29 is 5.11 Å². The summed E-state index contributed by atoms with van der Waals surface area (Å²) in [4.78, 5) is 0. The second-order valence-electron chi connectivity index (χ2n) is 4.23. The molecule has 0 aromatic heterocycles. The van der Waals surface area contributed by atoms with Gasteiger partial charge in [0.2, 0.25) is 0 Å². The second-order valence-corrected chi connectivity index (χ2v) is 4.23. The van der Waals surface area contributed by atoms with Crippen LogP contribution in [0.5, 0.6) is 5.75 Å². The Labute approximate surface area is 104 Å². The van der Waals surface area contributed by atoms with Gasteiger partial charge in [-0.2, -0.15) is 0 Å². The largest absolute Gasteiger partial charge is 0.508 e. The molecule has 0 fully saturated rings. The third-order valence-corrected chi connectivity index (χ3v) is 3.00. The molecule has 0 spiro atoms. The molecule has 0 saturated heterocycles. The number of terminal acetylenes is 1. The maximum atomic E-state index is 9.28. The summed E-state index contributed by atoms with van der Waals surface area (Å²) in [7, 11) is 0. The van der Waals surface area contributed by atoms with Crippen LogP contribution < -0.4 is 5.32 Å². The molecule has 0 bridgehead atoms. The van der Waals surface area contributed by atoms with E-state index < -0.39 is 0 Å². The number of nitrogens with one attached hydrogen (secondary N) is 1. The minimum atomic E-state index is 0.300. The smallest absolute Gasteiger partial charge is 0.115 e. The van der Waals surface area contributed by atoms with E-state index >= 15 is 0 Å². The van der Waals surface area contributed by atoms with Crippen LogP contribution in [-0.4, -0.2) is 11.1 Å². The lowest BCUT2D eigenvalue weighted by molar-refractivity contribution is 0.420. The fourth-order valence-electron chi connectivity index (χ4n) is 1.90. The number of aromatic hydroxyl groups is 1. The summed E-state index contributed by atoms with van der Waals surface area (Å²) in [6, 6.07) is 8.02. The van der Waals surface area contributed by atoms with Gasteiger partial charge in [-0.05, 0) is 30.5 Å². The van der Waals surface area contributed by atoms with Gasteiger partial charge in [-0.15, -0.1) is 12.3 Å². The van der Waals surface area contributed by atoms with Gasteiger partial charge in [0.25, 0.3) is 0 Å². The van der Waals surface area contributed by atoms with E-state index in [1.165, 1.54) is 5.56 Å². The lowest BCUT2D eigenvalue weighted by Crippen LogP contribution is -2.31. The van der Waals surface area contributed by atoms with E-state index in [1.54, 1.807) is 12.1 Å². The van der Waals surface area contributed by atoms with Crippen molar-refractivity contribution in [3.8, 4) is 18.1 Å². The molecule has 2 unspecified atom stereocenters. The average Bonchev–Trinajstić information content (AvgIpc) is 2.36. The third kappa shape index (κ3) is 4.13. The summed E-state index contributed by atoms with van der Waals surface area (Å²) in [5, 5.41) is 12.8. The monoisotopic (exact) mass is 231 g/mol. The summed E-state index contributed by atoms with van der Waals surface area (Å²) in [5.74, 6) is 3.01. The Bertz CT molecular complexity index is 364. The van der Waals surface area contributed by atoms with Crippen LogP contribution in [0.25, 0.3) is 0 Å². The molecule has 1 aromatic carbocycles. The van der Waals surface area contributed by atoms with E-state index in [2.05, 4.69) is 25.1 Å². The van der Waals surface area contributed by atoms with E-state index in [0.29, 0.717) is 17.8 Å². The molecule has 0 aliphatic heterocycles. The molecule has 0 aliphatic rings. The first-order valence-electron chi connectivity index (χ1n) is 6.19. The average molecular weight is 231 g/mol. The lowest BCUT2D eigenvalue weighted by Gasteiger charge is -2.23. The van der Waals surface area contributed by atoms with Crippen molar-refractivity contribution in [2.45, 2.75) is 45.2 Å². The first-order chi connectivity index (χ1) is 8.21. The molecule has 0 aliphatic carbocycles. The number of phenols is 1. The van der Waals surface area contributed by atoms with E-state index in [4.69, 9.17) is 6.42 Å². The number of hydrogen-bond acceptors (Lipinski definition) is 2. The van der Waals surface area contributed by atoms with Crippen molar-refractivity contribution >= 4 is 0 Å². The number of rotatable bonds is 6. The Morgan fingerprint density at radius 3 is 2.35 bits per heavy atom. The van der Waals surface area contributed by atoms with Gasteiger partial charge in [0.05, 0.1) is 0 Å². The van der Waals surface area contributed by atoms with Gasteiger partial charge in [0, 0.05) is 18.5 Å². The Hall–Kier alpha value is -1.46. The van der Waals surface area contributed by atoms with Gasteiger partial charge in [0.15, 0.2) is 0 Å². The Morgan fingerprint density at radius 1 is 1.24 bits per heavy atom. The van der Waals surface area contributed by atoms with Gasteiger partial charge < -0.3 is 10.4 Å². The van der Waals surface area contributed by atoms with Crippen LogP contribution in [0.15, 0.2) is 24.3 Å². The molecular formula is C15H21NO. The molecule has 2 heteroatoms. The van der Waals surface area contributed by atoms with Crippen LogP contribution in [0.4, 0.5) is 0 Å². The first kappa shape index (κ1) is 13.6. The van der Waals surface area contributed by atoms with Crippen LogP contribution >= 0.6 is 0 Å². The molecule has 92 valence electrons.